The molecule has 0 aromatic heterocycles. The van der Waals surface area contributed by atoms with Gasteiger partial charge in [-0.05, 0) is 36.6 Å². The molecule has 0 atom stereocenters. The zero-order valence-electron chi connectivity index (χ0n) is 10.6. The van der Waals surface area contributed by atoms with E-state index in [0.29, 0.717) is 18.0 Å². The summed E-state index contributed by atoms with van der Waals surface area (Å²) in [5.74, 6) is -0.0810. The number of hydrogen-bond acceptors (Lipinski definition) is 3. The molecular formula is C13H16N2O3S. The van der Waals surface area contributed by atoms with E-state index in [1.165, 1.54) is 0 Å². The van der Waals surface area contributed by atoms with Gasteiger partial charge in [-0.2, -0.15) is 4.31 Å². The SMILES string of the molecule is O=C1Cc2cc(S(=O)(=O)N3CCCCC3)ccc2N1. The highest BCUT2D eigenvalue weighted by Crippen LogP contribution is 2.28. The summed E-state index contributed by atoms with van der Waals surface area (Å²) in [7, 11) is -3.41. The van der Waals surface area contributed by atoms with Crippen LogP contribution < -0.4 is 5.32 Å². The number of carbonyl (C=O) groups is 1. The molecule has 0 saturated carbocycles. The minimum absolute atomic E-state index is 0.0810. The zero-order valence-corrected chi connectivity index (χ0v) is 11.4. The third-order valence-corrected chi connectivity index (χ3v) is 5.55. The average molecular weight is 280 g/mol. The standard InChI is InChI=1S/C13H16N2O3S/c16-13-9-10-8-11(4-5-12(10)14-13)19(17,18)15-6-2-1-3-7-15/h4-5,8H,1-3,6-7,9H2,(H,14,16). The third-order valence-electron chi connectivity index (χ3n) is 3.65. The maximum Gasteiger partial charge on any atom is 0.243 e. The van der Waals surface area contributed by atoms with Crippen LogP contribution in [0.15, 0.2) is 23.1 Å². The van der Waals surface area contributed by atoms with Gasteiger partial charge < -0.3 is 5.32 Å². The molecule has 19 heavy (non-hydrogen) atoms. The summed E-state index contributed by atoms with van der Waals surface area (Å²) >= 11 is 0. The molecule has 5 nitrogen and oxygen atoms in total. The highest BCUT2D eigenvalue weighted by molar-refractivity contribution is 7.89. The molecular weight excluding hydrogens is 264 g/mol. The number of sulfonamides is 1. The molecule has 2 aliphatic heterocycles. The molecule has 0 spiro atoms. The molecule has 1 fully saturated rings. The lowest BCUT2D eigenvalue weighted by Gasteiger charge is -2.26. The highest BCUT2D eigenvalue weighted by Gasteiger charge is 2.27. The van der Waals surface area contributed by atoms with Gasteiger partial charge in [-0.25, -0.2) is 8.42 Å². The van der Waals surface area contributed by atoms with Gasteiger partial charge in [0, 0.05) is 18.8 Å². The van der Waals surface area contributed by atoms with E-state index in [-0.39, 0.29) is 12.3 Å². The first-order chi connectivity index (χ1) is 9.07. The highest BCUT2D eigenvalue weighted by atomic mass is 32.2. The van der Waals surface area contributed by atoms with Crippen LogP contribution in [0.2, 0.25) is 0 Å². The van der Waals surface area contributed by atoms with E-state index in [0.717, 1.165) is 30.5 Å². The molecule has 6 heteroatoms. The lowest BCUT2D eigenvalue weighted by atomic mass is 10.2. The van der Waals surface area contributed by atoms with Crippen LogP contribution in [-0.2, 0) is 21.2 Å². The second-order valence-corrected chi connectivity index (χ2v) is 6.95. The summed E-state index contributed by atoms with van der Waals surface area (Å²) in [6.45, 7) is 1.19. The Labute approximate surface area is 112 Å². The molecule has 0 radical (unpaired) electrons. The van der Waals surface area contributed by atoms with Crippen molar-refractivity contribution in [3.63, 3.8) is 0 Å². The lowest BCUT2D eigenvalue weighted by molar-refractivity contribution is -0.115. The van der Waals surface area contributed by atoms with Crippen LogP contribution in [0.5, 0.6) is 0 Å². The summed E-state index contributed by atoms with van der Waals surface area (Å²) < 4.78 is 26.5. The van der Waals surface area contributed by atoms with Gasteiger partial charge >= 0.3 is 0 Å². The number of piperidine rings is 1. The van der Waals surface area contributed by atoms with Gasteiger partial charge in [0.25, 0.3) is 0 Å². The molecule has 102 valence electrons. The second kappa shape index (κ2) is 4.61. The van der Waals surface area contributed by atoms with Crippen molar-refractivity contribution in [2.75, 3.05) is 18.4 Å². The number of nitrogens with zero attached hydrogens (tertiary/aromatic N) is 1. The molecule has 1 aromatic carbocycles. The van der Waals surface area contributed by atoms with E-state index >= 15 is 0 Å². The maximum atomic E-state index is 12.5. The van der Waals surface area contributed by atoms with Crippen molar-refractivity contribution in [1.29, 1.82) is 0 Å². The van der Waals surface area contributed by atoms with Gasteiger partial charge in [0.05, 0.1) is 11.3 Å². The Balaban J connectivity index is 1.93. The Bertz CT molecular complexity index is 619. The van der Waals surface area contributed by atoms with Crippen molar-refractivity contribution >= 4 is 21.6 Å². The van der Waals surface area contributed by atoms with Crippen molar-refractivity contribution in [3.05, 3.63) is 23.8 Å². The fraction of sp³-hybridized carbons (Fsp3) is 0.462. The average Bonchev–Trinajstić information content (AvgIpc) is 2.78. The molecule has 0 bridgehead atoms. The second-order valence-electron chi connectivity index (χ2n) is 5.01. The molecule has 1 N–H and O–H groups in total. The normalized spacial score (nSPS) is 20.1. The fourth-order valence-electron chi connectivity index (χ4n) is 2.62. The first kappa shape index (κ1) is 12.6. The van der Waals surface area contributed by atoms with Crippen LogP contribution in [0.1, 0.15) is 24.8 Å². The van der Waals surface area contributed by atoms with Gasteiger partial charge in [-0.15, -0.1) is 0 Å². The van der Waals surface area contributed by atoms with E-state index in [4.69, 9.17) is 0 Å². The van der Waals surface area contributed by atoms with E-state index in [1.807, 2.05) is 0 Å². The molecule has 2 aliphatic rings. The Kier molecular flexibility index (Phi) is 3.06. The number of nitrogens with one attached hydrogen (secondary N) is 1. The monoisotopic (exact) mass is 280 g/mol. The van der Waals surface area contributed by atoms with Crippen molar-refractivity contribution < 1.29 is 13.2 Å². The Morgan fingerprint density at radius 1 is 1.11 bits per heavy atom. The maximum absolute atomic E-state index is 12.5. The molecule has 3 rings (SSSR count). The first-order valence-electron chi connectivity index (χ1n) is 6.50. The number of hydrogen-bond donors (Lipinski definition) is 1. The predicted molar refractivity (Wildman–Crippen MR) is 71.4 cm³/mol. The first-order valence-corrected chi connectivity index (χ1v) is 7.94. The smallest absolute Gasteiger partial charge is 0.243 e. The number of benzene rings is 1. The van der Waals surface area contributed by atoms with E-state index < -0.39 is 10.0 Å². The van der Waals surface area contributed by atoms with Crippen LogP contribution in [0.3, 0.4) is 0 Å². The number of rotatable bonds is 2. The van der Waals surface area contributed by atoms with Crippen LogP contribution in [0.25, 0.3) is 0 Å². The van der Waals surface area contributed by atoms with Crippen molar-refractivity contribution in [2.45, 2.75) is 30.6 Å². The third kappa shape index (κ3) is 2.26. The van der Waals surface area contributed by atoms with Gasteiger partial charge in [0.15, 0.2) is 0 Å². The number of anilines is 1. The minimum Gasteiger partial charge on any atom is -0.326 e. The largest absolute Gasteiger partial charge is 0.326 e. The van der Waals surface area contributed by atoms with Crippen LogP contribution in [-0.4, -0.2) is 31.7 Å². The summed E-state index contributed by atoms with van der Waals surface area (Å²) in [5.41, 5.74) is 1.49. The number of carbonyl (C=O) groups excluding carboxylic acids is 1. The Morgan fingerprint density at radius 3 is 2.58 bits per heavy atom. The van der Waals surface area contributed by atoms with Crippen molar-refractivity contribution in [1.82, 2.24) is 4.31 Å². The van der Waals surface area contributed by atoms with Crippen molar-refractivity contribution in [3.8, 4) is 0 Å². The lowest BCUT2D eigenvalue weighted by Crippen LogP contribution is -2.35. The summed E-state index contributed by atoms with van der Waals surface area (Å²) in [6.07, 6.45) is 3.20. The van der Waals surface area contributed by atoms with Crippen LogP contribution >= 0.6 is 0 Å². The predicted octanol–water partition coefficient (Wildman–Crippen LogP) is 1.36. The molecule has 0 aliphatic carbocycles. The summed E-state index contributed by atoms with van der Waals surface area (Å²) in [4.78, 5) is 11.6. The number of fused-ring (bicyclic) bond motifs is 1. The summed E-state index contributed by atoms with van der Waals surface area (Å²) in [5, 5.41) is 2.71. The zero-order chi connectivity index (χ0) is 13.5. The topological polar surface area (TPSA) is 66.5 Å². The molecule has 1 saturated heterocycles. The van der Waals surface area contributed by atoms with E-state index in [9.17, 15) is 13.2 Å². The van der Waals surface area contributed by atoms with Gasteiger partial charge in [-0.1, -0.05) is 6.42 Å². The molecule has 1 amide bonds. The van der Waals surface area contributed by atoms with E-state index in [1.54, 1.807) is 22.5 Å². The van der Waals surface area contributed by atoms with Crippen molar-refractivity contribution in [2.24, 2.45) is 0 Å². The molecule has 2 heterocycles. The Hall–Kier alpha value is -1.40. The van der Waals surface area contributed by atoms with Crippen LogP contribution in [0.4, 0.5) is 5.69 Å². The van der Waals surface area contributed by atoms with E-state index in [2.05, 4.69) is 5.32 Å². The summed E-state index contributed by atoms with van der Waals surface area (Å²) in [6, 6.07) is 4.88. The number of amides is 1. The molecule has 0 unspecified atom stereocenters. The van der Waals surface area contributed by atoms with Gasteiger partial charge in [-0.3, -0.25) is 4.79 Å². The molecule has 1 aromatic rings. The minimum atomic E-state index is -3.41. The van der Waals surface area contributed by atoms with Crippen LogP contribution in [0, 0.1) is 0 Å². The van der Waals surface area contributed by atoms with Gasteiger partial charge in [0.2, 0.25) is 15.9 Å². The quantitative estimate of drug-likeness (QED) is 0.889. The van der Waals surface area contributed by atoms with Gasteiger partial charge in [0.1, 0.15) is 0 Å². The fourth-order valence-corrected chi connectivity index (χ4v) is 4.19. The Morgan fingerprint density at radius 2 is 1.84 bits per heavy atom.